The number of aliphatic hydroxyl groups is 1. The zero-order valence-corrected chi connectivity index (χ0v) is 8.48. The molecular formula is C11H11NO3. The highest BCUT2D eigenvalue weighted by atomic mass is 16.4. The molecule has 1 rings (SSSR count). The minimum atomic E-state index is -1.53. The van der Waals surface area contributed by atoms with Gasteiger partial charge < -0.3 is 10.2 Å². The van der Waals surface area contributed by atoms with Gasteiger partial charge >= 0.3 is 5.97 Å². The highest BCUT2D eigenvalue weighted by Gasteiger charge is 2.20. The first-order chi connectivity index (χ1) is 6.97. The lowest BCUT2D eigenvalue weighted by molar-refractivity contribution is -0.147. The molecule has 1 atom stereocenters. The van der Waals surface area contributed by atoms with Crippen LogP contribution in [-0.2, 0) is 4.79 Å². The Morgan fingerprint density at radius 1 is 1.40 bits per heavy atom. The third-order valence-corrected chi connectivity index (χ3v) is 2.23. The molecule has 1 aromatic rings. The first kappa shape index (κ1) is 11.2. The van der Waals surface area contributed by atoms with Crippen molar-refractivity contribution in [1.29, 1.82) is 5.26 Å². The van der Waals surface area contributed by atoms with Crippen molar-refractivity contribution in [3.8, 4) is 6.07 Å². The van der Waals surface area contributed by atoms with E-state index in [1.54, 1.807) is 26.0 Å². The first-order valence-electron chi connectivity index (χ1n) is 4.39. The number of aliphatic hydroxyl groups excluding tert-OH is 1. The van der Waals surface area contributed by atoms with Crippen LogP contribution >= 0.6 is 0 Å². The Morgan fingerprint density at radius 2 is 1.87 bits per heavy atom. The van der Waals surface area contributed by atoms with Crippen LogP contribution in [0.4, 0.5) is 0 Å². The smallest absolute Gasteiger partial charge is 0.337 e. The van der Waals surface area contributed by atoms with Crippen LogP contribution in [0, 0.1) is 25.2 Å². The molecule has 0 spiro atoms. The summed E-state index contributed by atoms with van der Waals surface area (Å²) in [5.41, 5.74) is 2.05. The fourth-order valence-corrected chi connectivity index (χ4v) is 1.59. The van der Waals surface area contributed by atoms with E-state index >= 15 is 0 Å². The maximum absolute atomic E-state index is 10.6. The van der Waals surface area contributed by atoms with E-state index in [0.717, 1.165) is 0 Å². The van der Waals surface area contributed by atoms with Crippen LogP contribution < -0.4 is 0 Å². The van der Waals surface area contributed by atoms with Crippen molar-refractivity contribution in [2.75, 3.05) is 0 Å². The van der Waals surface area contributed by atoms with Gasteiger partial charge in [0, 0.05) is 0 Å². The molecule has 1 aromatic carbocycles. The molecule has 0 aliphatic rings. The van der Waals surface area contributed by atoms with Gasteiger partial charge in [-0.15, -0.1) is 0 Å². The van der Waals surface area contributed by atoms with Crippen molar-refractivity contribution < 1.29 is 15.0 Å². The Morgan fingerprint density at radius 3 is 2.20 bits per heavy atom. The topological polar surface area (TPSA) is 81.3 Å². The Labute approximate surface area is 87.4 Å². The van der Waals surface area contributed by atoms with Crippen molar-refractivity contribution >= 4 is 5.97 Å². The third kappa shape index (κ3) is 2.14. The number of aryl methyl sites for hydroxylation is 2. The van der Waals surface area contributed by atoms with Gasteiger partial charge in [0.05, 0.1) is 11.6 Å². The van der Waals surface area contributed by atoms with Crippen LogP contribution in [0.3, 0.4) is 0 Å². The van der Waals surface area contributed by atoms with Gasteiger partial charge in [0.15, 0.2) is 6.10 Å². The summed E-state index contributed by atoms with van der Waals surface area (Å²) in [5, 5.41) is 26.8. The summed E-state index contributed by atoms with van der Waals surface area (Å²) in [6.45, 7) is 3.35. The molecule has 1 unspecified atom stereocenters. The summed E-state index contributed by atoms with van der Waals surface area (Å²) in [7, 11) is 0. The van der Waals surface area contributed by atoms with Crippen LogP contribution in [-0.4, -0.2) is 16.2 Å². The molecule has 4 heteroatoms. The van der Waals surface area contributed by atoms with Crippen molar-refractivity contribution in [1.82, 2.24) is 0 Å². The Kier molecular flexibility index (Phi) is 3.08. The summed E-state index contributed by atoms with van der Waals surface area (Å²) in [4.78, 5) is 10.6. The van der Waals surface area contributed by atoms with Gasteiger partial charge in [0.2, 0.25) is 0 Å². The molecule has 0 bridgehead atoms. The lowest BCUT2D eigenvalue weighted by atomic mass is 9.95. The highest BCUT2D eigenvalue weighted by molar-refractivity contribution is 5.75. The van der Waals surface area contributed by atoms with Gasteiger partial charge in [-0.2, -0.15) is 5.26 Å². The van der Waals surface area contributed by atoms with Gasteiger partial charge in [-0.3, -0.25) is 0 Å². The minimum Gasteiger partial charge on any atom is -0.479 e. The second kappa shape index (κ2) is 4.11. The number of carboxylic acids is 1. The maximum atomic E-state index is 10.6. The van der Waals surface area contributed by atoms with Gasteiger partial charge in [-0.1, -0.05) is 0 Å². The number of benzene rings is 1. The molecule has 0 radical (unpaired) electrons. The molecular weight excluding hydrogens is 194 g/mol. The van der Waals surface area contributed by atoms with Gasteiger partial charge in [-0.05, 0) is 42.7 Å². The number of rotatable bonds is 2. The molecule has 0 aliphatic heterocycles. The number of carbonyl (C=O) groups is 1. The summed E-state index contributed by atoms with van der Waals surface area (Å²) >= 11 is 0. The number of hydrogen-bond acceptors (Lipinski definition) is 3. The fraction of sp³-hybridized carbons (Fsp3) is 0.273. The predicted molar refractivity (Wildman–Crippen MR) is 53.2 cm³/mol. The molecule has 0 aliphatic carbocycles. The van der Waals surface area contributed by atoms with E-state index in [2.05, 4.69) is 0 Å². The molecule has 0 saturated heterocycles. The lowest BCUT2D eigenvalue weighted by Gasteiger charge is -2.13. The fourth-order valence-electron chi connectivity index (χ4n) is 1.59. The van der Waals surface area contributed by atoms with Gasteiger partial charge in [0.25, 0.3) is 0 Å². The summed E-state index contributed by atoms with van der Waals surface area (Å²) in [6.07, 6.45) is -1.53. The number of carboxylic acid groups (broad SMARTS) is 1. The molecule has 0 saturated carbocycles. The lowest BCUT2D eigenvalue weighted by Crippen LogP contribution is -2.13. The van der Waals surface area contributed by atoms with E-state index in [4.69, 9.17) is 10.4 Å². The maximum Gasteiger partial charge on any atom is 0.337 e. The van der Waals surface area contributed by atoms with Crippen LogP contribution in [0.5, 0.6) is 0 Å². The zero-order valence-electron chi connectivity index (χ0n) is 8.48. The minimum absolute atomic E-state index is 0.363. The highest BCUT2D eigenvalue weighted by Crippen LogP contribution is 2.23. The molecule has 0 fully saturated rings. The quantitative estimate of drug-likeness (QED) is 0.762. The molecule has 4 nitrogen and oxygen atoms in total. The number of nitriles is 1. The van der Waals surface area contributed by atoms with E-state index < -0.39 is 12.1 Å². The summed E-state index contributed by atoms with van der Waals surface area (Å²) in [6, 6.07) is 5.10. The second-order valence-corrected chi connectivity index (χ2v) is 3.38. The number of aliphatic carboxylic acids is 1. The van der Waals surface area contributed by atoms with E-state index in [1.807, 2.05) is 6.07 Å². The Balaban J connectivity index is 3.33. The Bertz CT molecular complexity index is 423. The Hall–Kier alpha value is -1.86. The van der Waals surface area contributed by atoms with Crippen LogP contribution in [0.25, 0.3) is 0 Å². The number of nitrogens with zero attached hydrogens (tertiary/aromatic N) is 1. The van der Waals surface area contributed by atoms with Crippen LogP contribution in [0.15, 0.2) is 12.1 Å². The SMILES string of the molecule is Cc1cc(C#N)cc(C)c1C(O)C(=O)O. The van der Waals surface area contributed by atoms with E-state index in [0.29, 0.717) is 22.3 Å². The summed E-state index contributed by atoms with van der Waals surface area (Å²) < 4.78 is 0. The van der Waals surface area contributed by atoms with Crippen LogP contribution in [0.1, 0.15) is 28.4 Å². The monoisotopic (exact) mass is 205 g/mol. The van der Waals surface area contributed by atoms with Crippen molar-refractivity contribution in [3.63, 3.8) is 0 Å². The van der Waals surface area contributed by atoms with E-state index in [-0.39, 0.29) is 0 Å². The second-order valence-electron chi connectivity index (χ2n) is 3.38. The molecule has 2 N–H and O–H groups in total. The normalized spacial score (nSPS) is 11.9. The predicted octanol–water partition coefficient (Wildman–Crippen LogP) is 1.29. The van der Waals surface area contributed by atoms with E-state index in [9.17, 15) is 9.90 Å². The van der Waals surface area contributed by atoms with Gasteiger partial charge in [0.1, 0.15) is 0 Å². The summed E-state index contributed by atoms with van der Waals surface area (Å²) in [5.74, 6) is -1.29. The molecule has 15 heavy (non-hydrogen) atoms. The first-order valence-corrected chi connectivity index (χ1v) is 4.39. The number of hydrogen-bond donors (Lipinski definition) is 2. The van der Waals surface area contributed by atoms with Crippen molar-refractivity contribution in [2.45, 2.75) is 20.0 Å². The molecule has 0 amide bonds. The van der Waals surface area contributed by atoms with E-state index in [1.165, 1.54) is 0 Å². The molecule has 0 heterocycles. The third-order valence-electron chi connectivity index (χ3n) is 2.23. The zero-order chi connectivity index (χ0) is 11.6. The molecule has 0 aromatic heterocycles. The average Bonchev–Trinajstić information content (AvgIpc) is 2.16. The van der Waals surface area contributed by atoms with Crippen LogP contribution in [0.2, 0.25) is 0 Å². The average molecular weight is 205 g/mol. The van der Waals surface area contributed by atoms with Crippen molar-refractivity contribution in [2.24, 2.45) is 0 Å². The molecule has 78 valence electrons. The van der Waals surface area contributed by atoms with Crippen molar-refractivity contribution in [3.05, 3.63) is 34.4 Å². The largest absolute Gasteiger partial charge is 0.479 e. The standard InChI is InChI=1S/C11H11NO3/c1-6-3-8(5-12)4-7(2)9(6)10(13)11(14)15/h3-4,10,13H,1-2H3,(H,14,15). The van der Waals surface area contributed by atoms with Gasteiger partial charge in [-0.25, -0.2) is 4.79 Å².